The quantitative estimate of drug-likeness (QED) is 0.169. The van der Waals surface area contributed by atoms with Gasteiger partial charge in [0.1, 0.15) is 6.10 Å². The van der Waals surface area contributed by atoms with Gasteiger partial charge in [0, 0.05) is 12.8 Å². The van der Waals surface area contributed by atoms with Gasteiger partial charge in [0.2, 0.25) is 17.3 Å². The Hall–Kier alpha value is -1.68. The first-order valence-corrected chi connectivity index (χ1v) is 4.78. The maximum atomic E-state index is 11.2. The third-order valence-corrected chi connectivity index (χ3v) is 2.06. The lowest BCUT2D eigenvalue weighted by Gasteiger charge is -2.16. The van der Waals surface area contributed by atoms with E-state index in [1.165, 1.54) is 0 Å². The van der Waals surface area contributed by atoms with E-state index in [4.69, 9.17) is 26.2 Å². The summed E-state index contributed by atoms with van der Waals surface area (Å²) in [5.74, 6) is -6.18. The normalized spacial score (nSPS) is 15.6. The Labute approximate surface area is 101 Å². The summed E-state index contributed by atoms with van der Waals surface area (Å²) >= 11 is 0. The molecule has 0 radical (unpaired) electrons. The highest BCUT2D eigenvalue weighted by atomic mass is 16.4. The lowest BCUT2D eigenvalue weighted by Crippen LogP contribution is -2.48. The molecule has 0 aliphatic rings. The number of aliphatic hydroxyl groups is 3. The van der Waals surface area contributed by atoms with E-state index in [2.05, 4.69) is 0 Å². The van der Waals surface area contributed by atoms with Crippen molar-refractivity contribution in [1.29, 1.82) is 0 Å². The molecule has 0 fully saturated rings. The smallest absolute Gasteiger partial charge is 0.351 e. The zero-order chi connectivity index (χ0) is 14.5. The largest absolute Gasteiger partial charge is 0.478 e. The Morgan fingerprint density at radius 2 is 1.72 bits per heavy atom. The number of carbonyl (C=O) groups excluding carboxylic acids is 3. The van der Waals surface area contributed by atoms with Crippen molar-refractivity contribution >= 4 is 23.3 Å². The third kappa shape index (κ3) is 4.30. The Balaban J connectivity index is 4.48. The molecule has 0 rings (SSSR count). The molecule has 9 heteroatoms. The second-order valence-electron chi connectivity index (χ2n) is 3.54. The Morgan fingerprint density at radius 3 is 2.11 bits per heavy atom. The van der Waals surface area contributed by atoms with Gasteiger partial charge in [-0.2, -0.15) is 0 Å². The van der Waals surface area contributed by atoms with E-state index in [9.17, 15) is 19.2 Å². The predicted molar refractivity (Wildman–Crippen MR) is 54.1 cm³/mol. The van der Waals surface area contributed by atoms with Gasteiger partial charge in [-0.25, -0.2) is 4.79 Å². The van der Waals surface area contributed by atoms with Gasteiger partial charge in [-0.1, -0.05) is 0 Å². The number of carboxylic acid groups (broad SMARTS) is 1. The molecule has 0 aliphatic heterocycles. The van der Waals surface area contributed by atoms with Crippen LogP contribution in [0.3, 0.4) is 0 Å². The van der Waals surface area contributed by atoms with Crippen molar-refractivity contribution in [3.8, 4) is 0 Å². The molecule has 102 valence electrons. The molecule has 6 N–H and O–H groups in total. The molecule has 0 amide bonds. The van der Waals surface area contributed by atoms with E-state index >= 15 is 0 Å². The van der Waals surface area contributed by atoms with Crippen molar-refractivity contribution < 1.29 is 39.6 Å². The van der Waals surface area contributed by atoms with Crippen LogP contribution in [0.15, 0.2) is 0 Å². The SMILES string of the molecule is NC(O)(CCC(=O)C(=O)C(=O)C(O)CO)C(=O)O. The van der Waals surface area contributed by atoms with Crippen LogP contribution in [-0.4, -0.2) is 62.2 Å². The standard InChI is InChI=1S/C9H13NO8/c10-9(18,8(16)17)2-1-4(12)6(14)7(15)5(13)3-11/h5,11,13,18H,1-3,10H2,(H,16,17). The van der Waals surface area contributed by atoms with Crippen molar-refractivity contribution in [1.82, 2.24) is 0 Å². The third-order valence-electron chi connectivity index (χ3n) is 2.06. The van der Waals surface area contributed by atoms with E-state index in [1.54, 1.807) is 0 Å². The first-order chi connectivity index (χ1) is 8.13. The molecule has 2 unspecified atom stereocenters. The highest BCUT2D eigenvalue weighted by Crippen LogP contribution is 2.07. The van der Waals surface area contributed by atoms with Gasteiger partial charge in [-0.05, 0) is 0 Å². The fraction of sp³-hybridized carbons (Fsp3) is 0.556. The van der Waals surface area contributed by atoms with Crippen molar-refractivity contribution in [3.05, 3.63) is 0 Å². The predicted octanol–water partition coefficient (Wildman–Crippen LogP) is -3.44. The number of hydrogen-bond donors (Lipinski definition) is 5. The first-order valence-electron chi connectivity index (χ1n) is 4.78. The summed E-state index contributed by atoms with van der Waals surface area (Å²) in [5.41, 5.74) is 2.20. The number of hydrogen-bond acceptors (Lipinski definition) is 8. The molecule has 18 heavy (non-hydrogen) atoms. The lowest BCUT2D eigenvalue weighted by molar-refractivity contribution is -0.159. The molecule has 0 aromatic rings. The van der Waals surface area contributed by atoms with Gasteiger partial charge < -0.3 is 20.4 Å². The minimum Gasteiger partial charge on any atom is -0.478 e. The summed E-state index contributed by atoms with van der Waals surface area (Å²) in [6.45, 7) is -1.02. The fourth-order valence-corrected chi connectivity index (χ4v) is 0.896. The minimum absolute atomic E-state index is 0.768. The van der Waals surface area contributed by atoms with Gasteiger partial charge in [0.15, 0.2) is 0 Å². The molecule has 0 aliphatic carbocycles. The molecule has 0 heterocycles. The average molecular weight is 263 g/mol. The highest BCUT2D eigenvalue weighted by Gasteiger charge is 2.34. The van der Waals surface area contributed by atoms with Gasteiger partial charge >= 0.3 is 5.97 Å². The van der Waals surface area contributed by atoms with Crippen LogP contribution in [0, 0.1) is 0 Å². The van der Waals surface area contributed by atoms with E-state index in [0.29, 0.717) is 0 Å². The summed E-state index contributed by atoms with van der Waals surface area (Å²) in [5, 5.41) is 34.7. The number of nitrogens with two attached hydrogens (primary N) is 1. The van der Waals surface area contributed by atoms with Crippen LogP contribution in [-0.2, 0) is 19.2 Å². The first kappa shape index (κ1) is 16.3. The van der Waals surface area contributed by atoms with Crippen molar-refractivity contribution in [2.24, 2.45) is 5.73 Å². The van der Waals surface area contributed by atoms with Crippen molar-refractivity contribution in [2.45, 2.75) is 24.7 Å². The molecule has 0 aromatic heterocycles. The molecule has 2 atom stereocenters. The zero-order valence-corrected chi connectivity index (χ0v) is 9.20. The average Bonchev–Trinajstić information content (AvgIpc) is 2.32. The Kier molecular flexibility index (Phi) is 5.72. The molecular weight excluding hydrogens is 250 g/mol. The lowest BCUT2D eigenvalue weighted by atomic mass is 10.0. The zero-order valence-electron chi connectivity index (χ0n) is 9.20. The summed E-state index contributed by atoms with van der Waals surface area (Å²) in [6, 6.07) is 0. The number of aliphatic carboxylic acids is 1. The van der Waals surface area contributed by atoms with E-state index < -0.39 is 54.6 Å². The van der Waals surface area contributed by atoms with Crippen molar-refractivity contribution in [2.75, 3.05) is 6.61 Å². The van der Waals surface area contributed by atoms with E-state index in [0.717, 1.165) is 0 Å². The Morgan fingerprint density at radius 1 is 1.22 bits per heavy atom. The van der Waals surface area contributed by atoms with Crippen LogP contribution in [0.25, 0.3) is 0 Å². The summed E-state index contributed by atoms with van der Waals surface area (Å²) in [6.07, 6.45) is -3.55. The topological polar surface area (TPSA) is 175 Å². The summed E-state index contributed by atoms with van der Waals surface area (Å²) in [7, 11) is 0. The minimum atomic E-state index is -2.69. The maximum absolute atomic E-state index is 11.2. The number of carboxylic acids is 1. The van der Waals surface area contributed by atoms with Gasteiger partial charge in [-0.3, -0.25) is 20.1 Å². The highest BCUT2D eigenvalue weighted by molar-refractivity contribution is 6.64. The van der Waals surface area contributed by atoms with Gasteiger partial charge in [-0.15, -0.1) is 0 Å². The van der Waals surface area contributed by atoms with Crippen LogP contribution in [0.5, 0.6) is 0 Å². The second kappa shape index (κ2) is 6.31. The molecule has 0 saturated carbocycles. The maximum Gasteiger partial charge on any atom is 0.351 e. The number of rotatable bonds is 8. The van der Waals surface area contributed by atoms with E-state index in [1.807, 2.05) is 0 Å². The fourth-order valence-electron chi connectivity index (χ4n) is 0.896. The van der Waals surface area contributed by atoms with Crippen LogP contribution in [0.2, 0.25) is 0 Å². The summed E-state index contributed by atoms with van der Waals surface area (Å²) < 4.78 is 0. The Bertz CT molecular complexity index is 375. The number of Topliss-reactive ketones (excluding diaryl/α,β-unsaturated/α-hetero) is 3. The second-order valence-corrected chi connectivity index (χ2v) is 3.54. The van der Waals surface area contributed by atoms with Gasteiger partial charge in [0.25, 0.3) is 5.78 Å². The number of carbonyl (C=O) groups is 4. The van der Waals surface area contributed by atoms with Crippen LogP contribution < -0.4 is 5.73 Å². The molecule has 0 aromatic carbocycles. The monoisotopic (exact) mass is 263 g/mol. The molecule has 0 saturated heterocycles. The van der Waals surface area contributed by atoms with Gasteiger partial charge in [0.05, 0.1) is 6.61 Å². The number of ketones is 3. The van der Waals surface area contributed by atoms with Crippen LogP contribution in [0.1, 0.15) is 12.8 Å². The summed E-state index contributed by atoms with van der Waals surface area (Å²) in [4.78, 5) is 43.6. The molecule has 0 bridgehead atoms. The number of aliphatic hydroxyl groups excluding tert-OH is 2. The molecular formula is C9H13NO8. The van der Waals surface area contributed by atoms with Crippen molar-refractivity contribution in [3.63, 3.8) is 0 Å². The van der Waals surface area contributed by atoms with E-state index in [-0.39, 0.29) is 0 Å². The molecule has 9 nitrogen and oxygen atoms in total. The van der Waals surface area contributed by atoms with Crippen LogP contribution >= 0.6 is 0 Å². The van der Waals surface area contributed by atoms with Crippen LogP contribution in [0.4, 0.5) is 0 Å². The molecule has 0 spiro atoms.